The van der Waals surface area contributed by atoms with E-state index in [0.29, 0.717) is 0 Å². The summed E-state index contributed by atoms with van der Waals surface area (Å²) < 4.78 is 1.01. The molecule has 1 aromatic rings. The van der Waals surface area contributed by atoms with Crippen molar-refractivity contribution in [3.05, 3.63) is 33.8 Å². The molecule has 1 aromatic carbocycles. The molecule has 1 aliphatic rings. The highest BCUT2D eigenvalue weighted by molar-refractivity contribution is 9.10. The number of likely N-dealkylation sites (N-methyl/N-ethyl adjacent to an activating group) is 1. The quantitative estimate of drug-likeness (QED) is 0.924. The van der Waals surface area contributed by atoms with Gasteiger partial charge < -0.3 is 10.0 Å². The molecule has 0 amide bonds. The number of hydrogen-bond donors (Lipinski definition) is 1. The van der Waals surface area contributed by atoms with Crippen LogP contribution in [0.1, 0.15) is 17.2 Å². The number of carboxylic acids is 1. The normalized spacial score (nSPS) is 19.3. The number of aliphatic carboxylic acids is 1. The lowest BCUT2D eigenvalue weighted by Gasteiger charge is -2.36. The van der Waals surface area contributed by atoms with Gasteiger partial charge in [0.25, 0.3) is 0 Å². The monoisotopic (exact) mass is 326 g/mol. The molecule has 0 aromatic heterocycles. The largest absolute Gasteiger partial charge is 0.480 e. The van der Waals surface area contributed by atoms with Gasteiger partial charge in [0, 0.05) is 30.7 Å². The fourth-order valence-electron chi connectivity index (χ4n) is 2.43. The van der Waals surface area contributed by atoms with Gasteiger partial charge in [0.15, 0.2) is 0 Å². The van der Waals surface area contributed by atoms with E-state index in [9.17, 15) is 9.90 Å². The molecular formula is C14H19BrN2O2. The number of piperazine rings is 1. The first kappa shape index (κ1) is 14.5. The molecule has 0 radical (unpaired) electrons. The van der Waals surface area contributed by atoms with Crippen LogP contribution in [0.4, 0.5) is 0 Å². The third-order valence-corrected chi connectivity index (χ3v) is 4.52. The maximum absolute atomic E-state index is 11.6. The van der Waals surface area contributed by atoms with Gasteiger partial charge in [-0.25, -0.2) is 0 Å². The van der Waals surface area contributed by atoms with Gasteiger partial charge in [-0.15, -0.1) is 0 Å². The van der Waals surface area contributed by atoms with Crippen molar-refractivity contribution in [3.8, 4) is 0 Å². The highest BCUT2D eigenvalue weighted by Gasteiger charge is 2.29. The third-order valence-electron chi connectivity index (χ3n) is 3.63. The molecule has 19 heavy (non-hydrogen) atoms. The summed E-state index contributed by atoms with van der Waals surface area (Å²) >= 11 is 3.45. The summed E-state index contributed by atoms with van der Waals surface area (Å²) in [6.07, 6.45) is 0. The zero-order valence-corrected chi connectivity index (χ0v) is 12.9. The fraction of sp³-hybridized carbons (Fsp3) is 0.500. The van der Waals surface area contributed by atoms with Gasteiger partial charge in [-0.2, -0.15) is 0 Å². The second-order valence-electron chi connectivity index (χ2n) is 5.09. The summed E-state index contributed by atoms with van der Waals surface area (Å²) in [6, 6.07) is 5.24. The van der Waals surface area contributed by atoms with E-state index < -0.39 is 12.0 Å². The SMILES string of the molecule is Cc1cc(C(C(=O)O)N2CCN(C)CC2)ccc1Br. The van der Waals surface area contributed by atoms with Crippen LogP contribution < -0.4 is 0 Å². The van der Waals surface area contributed by atoms with Crippen LogP contribution in [-0.4, -0.2) is 54.1 Å². The molecule has 1 heterocycles. The lowest BCUT2D eigenvalue weighted by Crippen LogP contribution is -2.47. The number of carboxylic acid groups (broad SMARTS) is 1. The van der Waals surface area contributed by atoms with Crippen LogP contribution in [0.15, 0.2) is 22.7 Å². The molecule has 1 fully saturated rings. The van der Waals surface area contributed by atoms with E-state index in [1.807, 2.05) is 30.0 Å². The second kappa shape index (κ2) is 6.03. The third kappa shape index (κ3) is 3.35. The van der Waals surface area contributed by atoms with Crippen molar-refractivity contribution in [2.75, 3.05) is 33.2 Å². The van der Waals surface area contributed by atoms with Crippen LogP contribution in [0, 0.1) is 6.92 Å². The first-order valence-corrected chi connectivity index (χ1v) is 7.20. The molecule has 1 unspecified atom stereocenters. The molecule has 1 aliphatic heterocycles. The average molecular weight is 327 g/mol. The Balaban J connectivity index is 2.24. The Bertz CT molecular complexity index is 471. The summed E-state index contributed by atoms with van der Waals surface area (Å²) in [5.74, 6) is -0.772. The van der Waals surface area contributed by atoms with Crippen molar-refractivity contribution >= 4 is 21.9 Å². The first-order valence-electron chi connectivity index (χ1n) is 6.40. The minimum absolute atomic E-state index is 0.541. The zero-order chi connectivity index (χ0) is 14.0. The number of nitrogens with zero attached hydrogens (tertiary/aromatic N) is 2. The zero-order valence-electron chi connectivity index (χ0n) is 11.3. The van der Waals surface area contributed by atoms with Crippen LogP contribution in [0.25, 0.3) is 0 Å². The molecule has 1 N–H and O–H groups in total. The summed E-state index contributed by atoms with van der Waals surface area (Å²) in [6.45, 7) is 5.40. The van der Waals surface area contributed by atoms with Crippen LogP contribution in [0.3, 0.4) is 0 Å². The van der Waals surface area contributed by atoms with Crippen molar-refractivity contribution in [2.45, 2.75) is 13.0 Å². The Labute approximate surface area is 122 Å². The Hall–Kier alpha value is -0.910. The second-order valence-corrected chi connectivity index (χ2v) is 5.94. The maximum Gasteiger partial charge on any atom is 0.325 e. The highest BCUT2D eigenvalue weighted by atomic mass is 79.9. The van der Waals surface area contributed by atoms with Crippen LogP contribution in [0.2, 0.25) is 0 Å². The molecular weight excluding hydrogens is 308 g/mol. The Morgan fingerprint density at radius 3 is 2.47 bits per heavy atom. The van der Waals surface area contributed by atoms with Gasteiger partial charge in [0.2, 0.25) is 0 Å². The topological polar surface area (TPSA) is 43.8 Å². The lowest BCUT2D eigenvalue weighted by molar-refractivity contribution is -0.144. The number of aryl methyl sites for hydroxylation is 1. The van der Waals surface area contributed by atoms with E-state index in [1.165, 1.54) is 0 Å². The predicted octanol–water partition coefficient (Wildman–Crippen LogP) is 2.13. The van der Waals surface area contributed by atoms with E-state index in [4.69, 9.17) is 0 Å². The molecule has 0 aliphatic carbocycles. The molecule has 0 spiro atoms. The predicted molar refractivity (Wildman–Crippen MR) is 78.3 cm³/mol. The molecule has 104 valence electrons. The first-order chi connectivity index (χ1) is 8.99. The van der Waals surface area contributed by atoms with Crippen molar-refractivity contribution in [1.29, 1.82) is 0 Å². The summed E-state index contributed by atoms with van der Waals surface area (Å²) in [7, 11) is 2.07. The van der Waals surface area contributed by atoms with E-state index >= 15 is 0 Å². The standard InChI is InChI=1S/C14H19BrN2O2/c1-10-9-11(3-4-12(10)15)13(14(18)19)17-7-5-16(2)6-8-17/h3-4,9,13H,5-8H2,1-2H3,(H,18,19). The lowest BCUT2D eigenvalue weighted by atomic mass is 10.0. The van der Waals surface area contributed by atoms with E-state index in [-0.39, 0.29) is 0 Å². The van der Waals surface area contributed by atoms with E-state index in [2.05, 4.69) is 27.9 Å². The van der Waals surface area contributed by atoms with Crippen molar-refractivity contribution in [1.82, 2.24) is 9.80 Å². The molecule has 0 bridgehead atoms. The molecule has 1 atom stereocenters. The van der Waals surface area contributed by atoms with Gasteiger partial charge in [0.05, 0.1) is 0 Å². The van der Waals surface area contributed by atoms with Crippen molar-refractivity contribution < 1.29 is 9.90 Å². The molecule has 0 saturated carbocycles. The van der Waals surface area contributed by atoms with Gasteiger partial charge in [-0.05, 0) is 31.2 Å². The Kier molecular flexibility index (Phi) is 4.60. The van der Waals surface area contributed by atoms with E-state index in [1.54, 1.807) is 0 Å². The minimum Gasteiger partial charge on any atom is -0.480 e. The van der Waals surface area contributed by atoms with Gasteiger partial charge in [-0.3, -0.25) is 9.69 Å². The Morgan fingerprint density at radius 1 is 1.32 bits per heavy atom. The Morgan fingerprint density at radius 2 is 1.95 bits per heavy atom. The highest BCUT2D eigenvalue weighted by Crippen LogP contribution is 2.26. The van der Waals surface area contributed by atoms with Crippen molar-refractivity contribution in [2.24, 2.45) is 0 Å². The van der Waals surface area contributed by atoms with Gasteiger partial charge in [0.1, 0.15) is 6.04 Å². The van der Waals surface area contributed by atoms with Crippen LogP contribution in [0.5, 0.6) is 0 Å². The maximum atomic E-state index is 11.6. The summed E-state index contributed by atoms with van der Waals surface area (Å²) in [5.41, 5.74) is 1.93. The molecule has 5 heteroatoms. The summed E-state index contributed by atoms with van der Waals surface area (Å²) in [5, 5.41) is 9.54. The smallest absolute Gasteiger partial charge is 0.325 e. The molecule has 4 nitrogen and oxygen atoms in total. The number of halogens is 1. The fourth-order valence-corrected chi connectivity index (χ4v) is 2.67. The van der Waals surface area contributed by atoms with Gasteiger partial charge >= 0.3 is 5.97 Å². The average Bonchev–Trinajstić information content (AvgIpc) is 2.36. The van der Waals surface area contributed by atoms with Crippen LogP contribution in [-0.2, 0) is 4.79 Å². The summed E-state index contributed by atoms with van der Waals surface area (Å²) in [4.78, 5) is 15.9. The minimum atomic E-state index is -0.772. The number of benzene rings is 1. The van der Waals surface area contributed by atoms with E-state index in [0.717, 1.165) is 41.8 Å². The van der Waals surface area contributed by atoms with Crippen LogP contribution >= 0.6 is 15.9 Å². The molecule has 2 rings (SSSR count). The van der Waals surface area contributed by atoms with Crippen molar-refractivity contribution in [3.63, 3.8) is 0 Å². The number of carbonyl (C=O) groups is 1. The molecule has 1 saturated heterocycles. The van der Waals surface area contributed by atoms with Gasteiger partial charge in [-0.1, -0.05) is 28.1 Å². The number of rotatable bonds is 3. The number of hydrogen-bond acceptors (Lipinski definition) is 3.